The van der Waals surface area contributed by atoms with Crippen LogP contribution in [0.1, 0.15) is 0 Å². The topological polar surface area (TPSA) is 63.5 Å². The van der Waals surface area contributed by atoms with Crippen LogP contribution in [0.25, 0.3) is 0 Å². The molecule has 0 aromatic rings. The molecule has 0 aromatic carbocycles. The number of thiocarbonyl (C=S) groups is 1. The van der Waals surface area contributed by atoms with Crippen molar-refractivity contribution < 1.29 is 44.9 Å². The molecular weight excluding hydrogens is 139 g/mol. The van der Waals surface area contributed by atoms with E-state index in [9.17, 15) is 5.11 Å². The molecule has 1 atom stereocenters. The van der Waals surface area contributed by atoms with Gasteiger partial charge in [-0.25, -0.2) is 0 Å². The first-order valence-electron chi connectivity index (χ1n) is 1.68. The molecular formula is C3H5NaO3S. The van der Waals surface area contributed by atoms with Gasteiger partial charge < -0.3 is 15.3 Å². The summed E-state index contributed by atoms with van der Waals surface area (Å²) >= 11 is 3.95. The van der Waals surface area contributed by atoms with Crippen LogP contribution >= 0.6 is 12.2 Å². The Morgan fingerprint density at radius 1 is 1.75 bits per heavy atom. The number of aliphatic hydroxyl groups is 2. The Balaban J connectivity index is 0. The van der Waals surface area contributed by atoms with Crippen LogP contribution in [0.2, 0.25) is 0 Å². The SMILES string of the molecule is [Na+].[O-]C(=S)C(O)CO. The third-order valence-corrected chi connectivity index (χ3v) is 0.717. The van der Waals surface area contributed by atoms with E-state index < -0.39 is 17.8 Å². The summed E-state index contributed by atoms with van der Waals surface area (Å²) in [7, 11) is 0. The largest absolute Gasteiger partial charge is 1.00 e. The number of aliphatic hydroxyl groups excluding tert-OH is 2. The Morgan fingerprint density at radius 3 is 2.12 bits per heavy atom. The molecule has 0 radical (unpaired) electrons. The molecule has 0 spiro atoms. The fourth-order valence-electron chi connectivity index (χ4n) is 0.0745. The molecule has 0 aromatic heterocycles. The normalized spacial score (nSPS) is 11.8. The van der Waals surface area contributed by atoms with Gasteiger partial charge >= 0.3 is 29.6 Å². The van der Waals surface area contributed by atoms with E-state index in [0.29, 0.717) is 0 Å². The van der Waals surface area contributed by atoms with Gasteiger partial charge in [-0.15, -0.1) is 0 Å². The Bertz CT molecular complexity index is 76.9. The van der Waals surface area contributed by atoms with E-state index in [1.54, 1.807) is 0 Å². The average molecular weight is 144 g/mol. The van der Waals surface area contributed by atoms with E-state index >= 15 is 0 Å². The Morgan fingerprint density at radius 2 is 2.12 bits per heavy atom. The zero-order valence-corrected chi connectivity index (χ0v) is 7.31. The van der Waals surface area contributed by atoms with Crippen LogP contribution in [-0.2, 0) is 0 Å². The van der Waals surface area contributed by atoms with Crippen molar-refractivity contribution in [3.63, 3.8) is 0 Å². The molecule has 1 unspecified atom stereocenters. The van der Waals surface area contributed by atoms with Gasteiger partial charge in [0.1, 0.15) is 0 Å². The van der Waals surface area contributed by atoms with Crippen molar-refractivity contribution in [1.82, 2.24) is 0 Å². The van der Waals surface area contributed by atoms with Crippen LogP contribution in [-0.4, -0.2) is 28.0 Å². The number of rotatable bonds is 2. The second-order valence-corrected chi connectivity index (χ2v) is 1.42. The first kappa shape index (κ1) is 11.6. The van der Waals surface area contributed by atoms with Gasteiger partial charge in [0.25, 0.3) is 0 Å². The minimum absolute atomic E-state index is 0. The van der Waals surface area contributed by atoms with Gasteiger partial charge in [-0.1, -0.05) is 12.2 Å². The quantitative estimate of drug-likeness (QED) is 0.301. The maximum atomic E-state index is 9.78. The van der Waals surface area contributed by atoms with Crippen LogP contribution in [0.5, 0.6) is 0 Å². The van der Waals surface area contributed by atoms with E-state index in [-0.39, 0.29) is 29.6 Å². The van der Waals surface area contributed by atoms with Gasteiger partial charge in [0.05, 0.1) is 12.7 Å². The summed E-state index contributed by atoms with van der Waals surface area (Å²) in [5, 5.41) is 25.2. The van der Waals surface area contributed by atoms with Crippen LogP contribution in [0.4, 0.5) is 0 Å². The maximum Gasteiger partial charge on any atom is 1.00 e. The van der Waals surface area contributed by atoms with E-state index in [4.69, 9.17) is 10.2 Å². The summed E-state index contributed by atoms with van der Waals surface area (Å²) in [4.78, 5) is 0. The molecule has 0 aliphatic rings. The molecule has 8 heavy (non-hydrogen) atoms. The molecule has 0 amide bonds. The van der Waals surface area contributed by atoms with Crippen LogP contribution in [0, 0.1) is 0 Å². The second kappa shape index (κ2) is 5.94. The summed E-state index contributed by atoms with van der Waals surface area (Å²) in [6.07, 6.45) is -1.37. The van der Waals surface area contributed by atoms with E-state index in [0.717, 1.165) is 0 Å². The summed E-state index contributed by atoms with van der Waals surface area (Å²) in [6.45, 7) is -0.581. The standard InChI is InChI=1S/C3H6O3S.Na/c4-1-2(5)3(6)7;/h2,4-5H,1H2,(H,6,7);/q;+1/p-1. The van der Waals surface area contributed by atoms with Gasteiger partial charge in [0.15, 0.2) is 0 Å². The van der Waals surface area contributed by atoms with Gasteiger partial charge in [-0.3, -0.25) is 0 Å². The van der Waals surface area contributed by atoms with Gasteiger partial charge in [0.2, 0.25) is 0 Å². The van der Waals surface area contributed by atoms with E-state index in [1.165, 1.54) is 0 Å². The second-order valence-electron chi connectivity index (χ2n) is 1.02. The first-order valence-corrected chi connectivity index (χ1v) is 2.09. The van der Waals surface area contributed by atoms with Crippen molar-refractivity contribution in [1.29, 1.82) is 0 Å². The average Bonchev–Trinajstić information content (AvgIpc) is 1.65. The molecule has 0 saturated heterocycles. The van der Waals surface area contributed by atoms with E-state index in [1.807, 2.05) is 0 Å². The monoisotopic (exact) mass is 144 g/mol. The van der Waals surface area contributed by atoms with Crippen molar-refractivity contribution in [3.05, 3.63) is 0 Å². The summed E-state index contributed by atoms with van der Waals surface area (Å²) in [5.41, 5.74) is 0. The maximum absolute atomic E-state index is 9.78. The van der Waals surface area contributed by atoms with Crippen LogP contribution in [0.15, 0.2) is 0 Å². The molecule has 0 saturated carbocycles. The smallest absolute Gasteiger partial charge is 0.866 e. The predicted molar refractivity (Wildman–Crippen MR) is 25.7 cm³/mol. The molecule has 0 heterocycles. The van der Waals surface area contributed by atoms with Crippen LogP contribution < -0.4 is 34.7 Å². The molecule has 2 N–H and O–H groups in total. The summed E-state index contributed by atoms with van der Waals surface area (Å²) < 4.78 is 0. The van der Waals surface area contributed by atoms with Crippen molar-refractivity contribution in [2.24, 2.45) is 0 Å². The molecule has 0 fully saturated rings. The fraction of sp³-hybridized carbons (Fsp3) is 0.667. The molecule has 0 bridgehead atoms. The van der Waals surface area contributed by atoms with Crippen molar-refractivity contribution in [2.45, 2.75) is 6.10 Å². The van der Waals surface area contributed by atoms with Crippen molar-refractivity contribution >= 4 is 17.3 Å². The number of hydrogen-bond acceptors (Lipinski definition) is 4. The third-order valence-electron chi connectivity index (χ3n) is 0.445. The predicted octanol–water partition coefficient (Wildman–Crippen LogP) is -4.97. The minimum atomic E-state index is -1.37. The molecule has 42 valence electrons. The zero-order chi connectivity index (χ0) is 5.86. The van der Waals surface area contributed by atoms with Crippen LogP contribution in [0.3, 0.4) is 0 Å². The molecule has 0 aliphatic heterocycles. The summed E-state index contributed by atoms with van der Waals surface area (Å²) in [6, 6.07) is 0. The minimum Gasteiger partial charge on any atom is -0.866 e. The third kappa shape index (κ3) is 4.96. The molecule has 0 aliphatic carbocycles. The summed E-state index contributed by atoms with van der Waals surface area (Å²) in [5.74, 6) is 0. The fourth-order valence-corrected chi connectivity index (χ4v) is 0.149. The van der Waals surface area contributed by atoms with Gasteiger partial charge in [-0.05, 0) is 5.05 Å². The Hall–Kier alpha value is 0.810. The van der Waals surface area contributed by atoms with Crippen molar-refractivity contribution in [2.75, 3.05) is 6.61 Å². The molecule has 5 heteroatoms. The Kier molecular flexibility index (Phi) is 8.60. The van der Waals surface area contributed by atoms with Gasteiger partial charge in [0, 0.05) is 0 Å². The van der Waals surface area contributed by atoms with E-state index in [2.05, 4.69) is 12.2 Å². The number of hydrogen-bond donors (Lipinski definition) is 2. The van der Waals surface area contributed by atoms with Gasteiger partial charge in [-0.2, -0.15) is 0 Å². The zero-order valence-electron chi connectivity index (χ0n) is 4.50. The molecule has 0 rings (SSSR count). The van der Waals surface area contributed by atoms with Crippen molar-refractivity contribution in [3.8, 4) is 0 Å². The molecule has 3 nitrogen and oxygen atoms in total. The first-order chi connectivity index (χ1) is 3.18. The Labute approximate surface area is 74.6 Å².